The molecule has 0 radical (unpaired) electrons. The van der Waals surface area contributed by atoms with Crippen molar-refractivity contribution in [2.75, 3.05) is 25.4 Å². The third-order valence-electron chi connectivity index (χ3n) is 6.11. The van der Waals surface area contributed by atoms with Crippen LogP contribution in [0.1, 0.15) is 63.3 Å². The maximum Gasteiger partial charge on any atom is 0.326 e. The smallest absolute Gasteiger partial charge is 0.326 e. The van der Waals surface area contributed by atoms with E-state index in [0.29, 0.717) is 31.7 Å². The number of carbonyl (C=O) groups excluding carboxylic acids is 3. The van der Waals surface area contributed by atoms with E-state index >= 15 is 0 Å². The fourth-order valence-corrected chi connectivity index (χ4v) is 5.46. The van der Waals surface area contributed by atoms with Gasteiger partial charge in [-0.15, -0.1) is 11.8 Å². The largest absolute Gasteiger partial charge is 0.472 e. The van der Waals surface area contributed by atoms with Crippen LogP contribution in [0, 0.1) is 0 Å². The molecule has 2 heterocycles. The standard InChI is InChI=1S/C29H40N2O6S/c1-5-6-15-36-28(34)23(13-12-21-10-8-7-9-11-21)30-24-20-38-25(22-14-16-35-19-22)17-31(27(24)33)18-26(32)37-29(2,3)4/h7-11,14,16,19,23-25,30H,5-6,12-13,15,17-18,20H2,1-4H3. The van der Waals surface area contributed by atoms with Crippen LogP contribution in [0.2, 0.25) is 0 Å². The normalized spacial score (nSPS) is 19.1. The first-order chi connectivity index (χ1) is 18.2. The molecule has 0 spiro atoms. The van der Waals surface area contributed by atoms with Crippen LogP contribution >= 0.6 is 11.8 Å². The number of hydrogen-bond donors (Lipinski definition) is 1. The number of aryl methyl sites for hydroxylation is 1. The molecule has 2 aromatic rings. The molecule has 1 aromatic carbocycles. The number of amides is 1. The predicted octanol–water partition coefficient (Wildman–Crippen LogP) is 4.54. The molecule has 9 heteroatoms. The van der Waals surface area contributed by atoms with Crippen LogP contribution in [0.15, 0.2) is 53.3 Å². The molecule has 8 nitrogen and oxygen atoms in total. The van der Waals surface area contributed by atoms with Crippen molar-refractivity contribution in [3.63, 3.8) is 0 Å². The summed E-state index contributed by atoms with van der Waals surface area (Å²) in [6, 6.07) is 10.5. The van der Waals surface area contributed by atoms with Crippen LogP contribution in [0.25, 0.3) is 0 Å². The average Bonchev–Trinajstić information content (AvgIpc) is 3.36. The quantitative estimate of drug-likeness (QED) is 0.307. The molecule has 3 unspecified atom stereocenters. The number of hydrogen-bond acceptors (Lipinski definition) is 8. The van der Waals surface area contributed by atoms with Gasteiger partial charge in [-0.05, 0) is 51.7 Å². The summed E-state index contributed by atoms with van der Waals surface area (Å²) in [7, 11) is 0. The topological polar surface area (TPSA) is 98.1 Å². The Labute approximate surface area is 229 Å². The van der Waals surface area contributed by atoms with Crippen LogP contribution in [0.5, 0.6) is 0 Å². The van der Waals surface area contributed by atoms with Crippen LogP contribution < -0.4 is 5.32 Å². The van der Waals surface area contributed by atoms with Crippen LogP contribution in [0.4, 0.5) is 0 Å². The Morgan fingerprint density at radius 3 is 2.63 bits per heavy atom. The number of carbonyl (C=O) groups is 3. The highest BCUT2D eigenvalue weighted by Gasteiger charge is 2.36. The third-order valence-corrected chi connectivity index (χ3v) is 7.46. The molecule has 3 rings (SSSR count). The van der Waals surface area contributed by atoms with Crippen LogP contribution in [0.3, 0.4) is 0 Å². The molecule has 208 valence electrons. The average molecular weight is 545 g/mol. The molecule has 3 atom stereocenters. The molecule has 38 heavy (non-hydrogen) atoms. The summed E-state index contributed by atoms with van der Waals surface area (Å²) >= 11 is 1.60. The van der Waals surface area contributed by atoms with Gasteiger partial charge >= 0.3 is 11.9 Å². The summed E-state index contributed by atoms with van der Waals surface area (Å²) in [6.07, 6.45) is 6.11. The van der Waals surface area contributed by atoms with E-state index in [1.54, 1.807) is 45.1 Å². The van der Waals surface area contributed by atoms with Gasteiger partial charge in [-0.1, -0.05) is 43.7 Å². The zero-order valence-corrected chi connectivity index (χ0v) is 23.6. The third kappa shape index (κ3) is 9.51. The van der Waals surface area contributed by atoms with Crippen molar-refractivity contribution in [3.8, 4) is 0 Å². The number of unbranched alkanes of at least 4 members (excludes halogenated alkanes) is 1. The first-order valence-electron chi connectivity index (χ1n) is 13.3. The second-order valence-corrected chi connectivity index (χ2v) is 11.7. The Balaban J connectivity index is 1.78. The Morgan fingerprint density at radius 1 is 1.21 bits per heavy atom. The minimum atomic E-state index is -0.668. The summed E-state index contributed by atoms with van der Waals surface area (Å²) in [4.78, 5) is 41.0. The van der Waals surface area contributed by atoms with Gasteiger partial charge in [0.25, 0.3) is 0 Å². The monoisotopic (exact) mass is 544 g/mol. The highest BCUT2D eigenvalue weighted by atomic mass is 32.2. The number of rotatable bonds is 12. The number of ether oxygens (including phenoxy) is 2. The van der Waals surface area contributed by atoms with E-state index in [0.717, 1.165) is 24.0 Å². The first-order valence-corrected chi connectivity index (χ1v) is 14.3. The zero-order chi connectivity index (χ0) is 27.5. The van der Waals surface area contributed by atoms with Gasteiger partial charge in [-0.2, -0.15) is 0 Å². The summed E-state index contributed by atoms with van der Waals surface area (Å²) in [5.41, 5.74) is 1.39. The van der Waals surface area contributed by atoms with E-state index in [1.807, 2.05) is 43.3 Å². The lowest BCUT2D eigenvalue weighted by atomic mass is 10.0. The molecule has 1 saturated heterocycles. The van der Waals surface area contributed by atoms with Crippen LogP contribution in [-0.4, -0.2) is 65.9 Å². The van der Waals surface area contributed by atoms with Gasteiger partial charge in [0.1, 0.15) is 18.2 Å². The van der Waals surface area contributed by atoms with Crippen molar-refractivity contribution in [2.45, 2.75) is 76.3 Å². The molecular formula is C29H40N2O6S. The number of nitrogens with zero attached hydrogens (tertiary/aromatic N) is 1. The maximum atomic E-state index is 13.7. The zero-order valence-electron chi connectivity index (χ0n) is 22.8. The Morgan fingerprint density at radius 2 is 1.97 bits per heavy atom. The second kappa shape index (κ2) is 14.4. The molecule has 1 aromatic heterocycles. The number of furan rings is 1. The maximum absolute atomic E-state index is 13.7. The van der Waals surface area contributed by atoms with Crippen molar-refractivity contribution in [1.29, 1.82) is 0 Å². The molecule has 0 aliphatic carbocycles. The van der Waals surface area contributed by atoms with E-state index < -0.39 is 23.7 Å². The molecule has 1 amide bonds. The number of benzene rings is 1. The van der Waals surface area contributed by atoms with Crippen LogP contribution in [-0.2, 0) is 30.3 Å². The molecule has 0 saturated carbocycles. The van der Waals surface area contributed by atoms with Crippen molar-refractivity contribution in [1.82, 2.24) is 10.2 Å². The van der Waals surface area contributed by atoms with Gasteiger partial charge < -0.3 is 18.8 Å². The van der Waals surface area contributed by atoms with Gasteiger partial charge in [0.2, 0.25) is 5.91 Å². The van der Waals surface area contributed by atoms with Crippen molar-refractivity contribution in [2.24, 2.45) is 0 Å². The highest BCUT2D eigenvalue weighted by Crippen LogP contribution is 2.33. The Hall–Kier alpha value is -2.78. The van der Waals surface area contributed by atoms with E-state index in [1.165, 1.54) is 4.90 Å². The Bertz CT molecular complexity index is 1020. The van der Waals surface area contributed by atoms with Crippen molar-refractivity contribution < 1.29 is 28.3 Å². The SMILES string of the molecule is CCCCOC(=O)C(CCc1ccccc1)NC1CSC(c2ccoc2)CN(CC(=O)OC(C)(C)C)C1=O. The van der Waals surface area contributed by atoms with E-state index in [4.69, 9.17) is 13.9 Å². The fraction of sp³-hybridized carbons (Fsp3) is 0.552. The Kier molecular flexibility index (Phi) is 11.3. The number of nitrogens with one attached hydrogen (secondary N) is 1. The van der Waals surface area contributed by atoms with Crippen molar-refractivity contribution in [3.05, 3.63) is 60.1 Å². The minimum absolute atomic E-state index is 0.0776. The molecule has 1 fully saturated rings. The molecule has 1 aliphatic rings. The minimum Gasteiger partial charge on any atom is -0.472 e. The van der Waals surface area contributed by atoms with E-state index in [-0.39, 0.29) is 23.7 Å². The van der Waals surface area contributed by atoms with Gasteiger partial charge in [0.05, 0.1) is 30.4 Å². The molecule has 1 aliphatic heterocycles. The predicted molar refractivity (Wildman–Crippen MR) is 148 cm³/mol. The van der Waals surface area contributed by atoms with Gasteiger partial charge in [0.15, 0.2) is 0 Å². The number of esters is 2. The lowest BCUT2D eigenvalue weighted by molar-refractivity contribution is -0.159. The first kappa shape index (κ1) is 29.8. The van der Waals surface area contributed by atoms with E-state index in [2.05, 4.69) is 5.32 Å². The van der Waals surface area contributed by atoms with Crippen molar-refractivity contribution >= 4 is 29.6 Å². The van der Waals surface area contributed by atoms with E-state index in [9.17, 15) is 14.4 Å². The van der Waals surface area contributed by atoms with Gasteiger partial charge in [0, 0.05) is 17.9 Å². The lowest BCUT2D eigenvalue weighted by Gasteiger charge is -2.28. The van der Waals surface area contributed by atoms with Gasteiger partial charge in [-0.25, -0.2) is 0 Å². The summed E-state index contributed by atoms with van der Waals surface area (Å²) < 4.78 is 16.3. The summed E-state index contributed by atoms with van der Waals surface area (Å²) in [5, 5.41) is 3.22. The fourth-order valence-electron chi connectivity index (χ4n) is 4.18. The summed E-state index contributed by atoms with van der Waals surface area (Å²) in [6.45, 7) is 7.94. The summed E-state index contributed by atoms with van der Waals surface area (Å²) in [5.74, 6) is -0.632. The lowest BCUT2D eigenvalue weighted by Crippen LogP contribution is -2.54. The molecule has 1 N–H and O–H groups in total. The molecule has 0 bridgehead atoms. The second-order valence-electron chi connectivity index (χ2n) is 10.5. The highest BCUT2D eigenvalue weighted by molar-refractivity contribution is 7.99. The molecular weight excluding hydrogens is 504 g/mol. The van der Waals surface area contributed by atoms with Gasteiger partial charge in [-0.3, -0.25) is 19.7 Å². The number of thioether (sulfide) groups is 1.